The minimum atomic E-state index is -1.85. The van der Waals surface area contributed by atoms with E-state index in [4.69, 9.17) is 0 Å². The molecule has 0 aromatic heterocycles. The summed E-state index contributed by atoms with van der Waals surface area (Å²) in [5, 5.41) is 11.3. The van der Waals surface area contributed by atoms with Crippen LogP contribution < -0.4 is 4.90 Å². The first kappa shape index (κ1) is 19.1. The third-order valence-corrected chi connectivity index (χ3v) is 5.22. The molecule has 0 saturated heterocycles. The van der Waals surface area contributed by atoms with Crippen molar-refractivity contribution in [1.29, 1.82) is 0 Å². The van der Waals surface area contributed by atoms with E-state index in [-0.39, 0.29) is 12.2 Å². The van der Waals surface area contributed by atoms with Crippen LogP contribution in [0.4, 0.5) is 5.69 Å². The summed E-state index contributed by atoms with van der Waals surface area (Å²) in [4.78, 5) is 27.6. The number of benzene rings is 2. The summed E-state index contributed by atoms with van der Waals surface area (Å²) >= 11 is 0. The molecule has 1 atom stereocenters. The van der Waals surface area contributed by atoms with E-state index >= 15 is 0 Å². The van der Waals surface area contributed by atoms with Crippen LogP contribution in [-0.2, 0) is 10.4 Å². The molecular weight excluding hydrogens is 338 g/mol. The Morgan fingerprint density at radius 3 is 2.41 bits per heavy atom. The van der Waals surface area contributed by atoms with Crippen molar-refractivity contribution in [3.63, 3.8) is 0 Å². The number of fused-ring (bicyclic) bond motifs is 1. The molecule has 27 heavy (non-hydrogen) atoms. The Morgan fingerprint density at radius 2 is 1.74 bits per heavy atom. The highest BCUT2D eigenvalue weighted by atomic mass is 16.3. The van der Waals surface area contributed by atoms with Crippen molar-refractivity contribution in [3.05, 3.63) is 76.4 Å². The Labute approximate surface area is 160 Å². The Hall–Kier alpha value is -2.72. The van der Waals surface area contributed by atoms with Gasteiger partial charge in [-0.15, -0.1) is 0 Å². The molecule has 1 heterocycles. The van der Waals surface area contributed by atoms with Crippen molar-refractivity contribution >= 4 is 17.4 Å². The molecule has 0 bridgehead atoms. The molecule has 2 aromatic carbocycles. The number of rotatable bonds is 5. The third kappa shape index (κ3) is 3.21. The molecule has 140 valence electrons. The second-order valence-electron chi connectivity index (χ2n) is 7.58. The number of Topliss-reactive ketones (excluding diaryl/α,β-unsaturated/α-hetero) is 1. The number of carbonyl (C=O) groups is 2. The Balaban J connectivity index is 2.01. The summed E-state index contributed by atoms with van der Waals surface area (Å²) in [6, 6.07) is 10.9. The number of nitrogens with zero attached hydrogens (tertiary/aromatic N) is 1. The molecule has 0 radical (unpaired) electrons. The lowest BCUT2D eigenvalue weighted by molar-refractivity contribution is -0.135. The van der Waals surface area contributed by atoms with Gasteiger partial charge in [0.25, 0.3) is 5.91 Å². The van der Waals surface area contributed by atoms with Gasteiger partial charge in [0.15, 0.2) is 11.4 Å². The van der Waals surface area contributed by atoms with E-state index in [2.05, 4.69) is 6.58 Å². The van der Waals surface area contributed by atoms with Gasteiger partial charge >= 0.3 is 0 Å². The SMILES string of the molecule is C=C(C)CN1C(=O)C(O)(CC(=O)c2cc(C)c(C)cc2C)c2ccccc21. The summed E-state index contributed by atoms with van der Waals surface area (Å²) < 4.78 is 0. The number of aliphatic hydroxyl groups is 1. The van der Waals surface area contributed by atoms with Gasteiger partial charge in [-0.3, -0.25) is 9.59 Å². The van der Waals surface area contributed by atoms with Crippen molar-refractivity contribution < 1.29 is 14.7 Å². The van der Waals surface area contributed by atoms with E-state index in [0.29, 0.717) is 23.4 Å². The van der Waals surface area contributed by atoms with Crippen LogP contribution in [0.2, 0.25) is 0 Å². The minimum absolute atomic E-state index is 0.238. The van der Waals surface area contributed by atoms with E-state index in [9.17, 15) is 14.7 Å². The molecule has 1 aliphatic rings. The van der Waals surface area contributed by atoms with Gasteiger partial charge in [-0.1, -0.05) is 36.4 Å². The Kier molecular flexibility index (Phi) is 4.79. The maximum atomic E-state index is 13.1. The summed E-state index contributed by atoms with van der Waals surface area (Å²) in [7, 11) is 0. The van der Waals surface area contributed by atoms with Crippen molar-refractivity contribution in [3.8, 4) is 0 Å². The highest BCUT2D eigenvalue weighted by Gasteiger charge is 2.50. The number of carbonyl (C=O) groups excluding carboxylic acids is 2. The van der Waals surface area contributed by atoms with Gasteiger partial charge in [0.05, 0.1) is 12.1 Å². The lowest BCUT2D eigenvalue weighted by Crippen LogP contribution is -2.42. The van der Waals surface area contributed by atoms with Gasteiger partial charge in [-0.2, -0.15) is 0 Å². The molecule has 4 nitrogen and oxygen atoms in total. The van der Waals surface area contributed by atoms with Crippen LogP contribution >= 0.6 is 0 Å². The quantitative estimate of drug-likeness (QED) is 0.645. The van der Waals surface area contributed by atoms with Crippen molar-refractivity contribution in [2.24, 2.45) is 0 Å². The predicted molar refractivity (Wildman–Crippen MR) is 107 cm³/mol. The number of anilines is 1. The van der Waals surface area contributed by atoms with Crippen LogP contribution in [-0.4, -0.2) is 23.3 Å². The first-order valence-electron chi connectivity index (χ1n) is 9.04. The van der Waals surface area contributed by atoms with E-state index < -0.39 is 11.5 Å². The van der Waals surface area contributed by atoms with Gasteiger partial charge in [-0.25, -0.2) is 0 Å². The largest absolute Gasteiger partial charge is 0.375 e. The van der Waals surface area contributed by atoms with Crippen molar-refractivity contribution in [2.45, 2.75) is 39.7 Å². The van der Waals surface area contributed by atoms with Crippen LogP contribution in [0.3, 0.4) is 0 Å². The number of hydrogen-bond donors (Lipinski definition) is 1. The first-order valence-corrected chi connectivity index (χ1v) is 9.04. The van der Waals surface area contributed by atoms with Crippen LogP contribution in [0.1, 0.15) is 46.0 Å². The smallest absolute Gasteiger partial charge is 0.264 e. The molecule has 1 aliphatic heterocycles. The molecule has 4 heteroatoms. The minimum Gasteiger partial charge on any atom is -0.375 e. The second kappa shape index (κ2) is 6.78. The molecule has 1 unspecified atom stereocenters. The topological polar surface area (TPSA) is 57.6 Å². The maximum Gasteiger partial charge on any atom is 0.264 e. The number of ketones is 1. The normalized spacial score (nSPS) is 18.6. The van der Waals surface area contributed by atoms with Crippen LogP contribution in [0.25, 0.3) is 0 Å². The number of aryl methyl sites for hydroxylation is 3. The summed E-state index contributed by atoms with van der Waals surface area (Å²) in [5.74, 6) is -0.708. The summed E-state index contributed by atoms with van der Waals surface area (Å²) in [5.41, 5.74) is 3.59. The molecule has 2 aromatic rings. The average molecular weight is 363 g/mol. The number of hydrogen-bond acceptors (Lipinski definition) is 3. The standard InChI is InChI=1S/C23H25NO3/c1-14(2)13-24-20-9-7-6-8-19(20)23(27,22(24)26)12-21(25)18-11-16(4)15(3)10-17(18)5/h6-11,27H,1,12-13H2,2-5H3. The highest BCUT2D eigenvalue weighted by molar-refractivity contribution is 6.11. The number of para-hydroxylation sites is 1. The zero-order valence-electron chi connectivity index (χ0n) is 16.3. The Morgan fingerprint density at radius 1 is 1.11 bits per heavy atom. The molecule has 1 amide bonds. The molecule has 1 N–H and O–H groups in total. The van der Waals surface area contributed by atoms with E-state index in [1.165, 1.54) is 4.90 Å². The first-order chi connectivity index (χ1) is 12.6. The third-order valence-electron chi connectivity index (χ3n) is 5.22. The molecule has 0 fully saturated rings. The highest BCUT2D eigenvalue weighted by Crippen LogP contribution is 2.43. The van der Waals surface area contributed by atoms with E-state index in [0.717, 1.165) is 22.3 Å². The zero-order chi connectivity index (χ0) is 19.9. The molecular formula is C23H25NO3. The van der Waals surface area contributed by atoms with Crippen LogP contribution in [0.15, 0.2) is 48.6 Å². The lowest BCUT2D eigenvalue weighted by Gasteiger charge is -2.23. The van der Waals surface area contributed by atoms with Crippen LogP contribution in [0, 0.1) is 20.8 Å². The molecule has 0 saturated carbocycles. The maximum absolute atomic E-state index is 13.1. The zero-order valence-corrected chi connectivity index (χ0v) is 16.3. The van der Waals surface area contributed by atoms with Gasteiger partial charge in [0.2, 0.25) is 0 Å². The fraction of sp³-hybridized carbons (Fsp3) is 0.304. The van der Waals surface area contributed by atoms with Gasteiger partial charge in [-0.05, 0) is 56.5 Å². The monoisotopic (exact) mass is 363 g/mol. The number of amides is 1. The van der Waals surface area contributed by atoms with E-state index in [1.54, 1.807) is 18.2 Å². The molecule has 3 rings (SSSR count). The van der Waals surface area contributed by atoms with Gasteiger partial charge in [0, 0.05) is 17.7 Å². The second-order valence-corrected chi connectivity index (χ2v) is 7.58. The lowest BCUT2D eigenvalue weighted by atomic mass is 9.86. The average Bonchev–Trinajstić information content (AvgIpc) is 2.80. The predicted octanol–water partition coefficient (Wildman–Crippen LogP) is 4.00. The van der Waals surface area contributed by atoms with Crippen molar-refractivity contribution in [2.75, 3.05) is 11.4 Å². The Bertz CT molecular complexity index is 960. The fourth-order valence-corrected chi connectivity index (χ4v) is 3.69. The van der Waals surface area contributed by atoms with Gasteiger partial charge < -0.3 is 10.0 Å². The summed E-state index contributed by atoms with van der Waals surface area (Å²) in [6.07, 6.45) is -0.279. The molecule has 0 aliphatic carbocycles. The van der Waals surface area contributed by atoms with Crippen molar-refractivity contribution in [1.82, 2.24) is 0 Å². The summed E-state index contributed by atoms with van der Waals surface area (Å²) in [6.45, 7) is 11.8. The van der Waals surface area contributed by atoms with E-state index in [1.807, 2.05) is 45.9 Å². The fourth-order valence-electron chi connectivity index (χ4n) is 3.69. The molecule has 0 spiro atoms. The van der Waals surface area contributed by atoms with Crippen LogP contribution in [0.5, 0.6) is 0 Å². The van der Waals surface area contributed by atoms with Gasteiger partial charge in [0.1, 0.15) is 0 Å².